The minimum atomic E-state index is -0.676. The Labute approximate surface area is 191 Å². The van der Waals surface area contributed by atoms with Crippen LogP contribution in [-0.2, 0) is 11.2 Å². The molecule has 8 heteroatoms. The number of benzene rings is 1. The molecule has 1 N–H and O–H groups in total. The Balaban J connectivity index is 1.48. The lowest BCUT2D eigenvalue weighted by Gasteiger charge is -2.11. The van der Waals surface area contributed by atoms with E-state index in [4.69, 9.17) is 20.9 Å². The van der Waals surface area contributed by atoms with Crippen LogP contribution in [0.3, 0.4) is 0 Å². The molecule has 1 aliphatic carbocycles. The van der Waals surface area contributed by atoms with Gasteiger partial charge in [-0.3, -0.25) is 4.79 Å². The van der Waals surface area contributed by atoms with Crippen molar-refractivity contribution in [1.82, 2.24) is 15.1 Å². The second-order valence-electron chi connectivity index (χ2n) is 8.67. The first kappa shape index (κ1) is 22.3. The fourth-order valence-corrected chi connectivity index (χ4v) is 4.43. The number of pyridine rings is 1. The average Bonchev–Trinajstić information content (AvgIpc) is 3.39. The van der Waals surface area contributed by atoms with Crippen LogP contribution in [0.1, 0.15) is 44.2 Å². The van der Waals surface area contributed by atoms with Crippen LogP contribution < -0.4 is 4.74 Å². The number of nitrogens with zero attached hydrogens (tertiary/aromatic N) is 3. The van der Waals surface area contributed by atoms with Crippen molar-refractivity contribution >= 4 is 17.6 Å². The van der Waals surface area contributed by atoms with Gasteiger partial charge in [-0.2, -0.15) is 4.98 Å². The molecule has 0 radical (unpaired) electrons. The molecule has 0 unspecified atom stereocenters. The number of hydrogen-bond donors (Lipinski definition) is 1. The molecule has 2 aromatic heterocycles. The monoisotopic (exact) mass is 455 g/mol. The summed E-state index contributed by atoms with van der Waals surface area (Å²) >= 11 is 6.28. The lowest BCUT2D eigenvalue weighted by molar-refractivity contribution is -0.141. The number of carboxylic acid groups (broad SMARTS) is 1. The van der Waals surface area contributed by atoms with Crippen molar-refractivity contribution in [2.24, 2.45) is 11.8 Å². The molecule has 3 aromatic rings. The third-order valence-electron chi connectivity index (χ3n) is 5.78. The van der Waals surface area contributed by atoms with Crippen LogP contribution in [0, 0.1) is 18.8 Å². The molecule has 1 fully saturated rings. The highest BCUT2D eigenvalue weighted by molar-refractivity contribution is 6.32. The quantitative estimate of drug-likeness (QED) is 0.495. The molecule has 0 spiro atoms. The van der Waals surface area contributed by atoms with Gasteiger partial charge in [0.1, 0.15) is 5.02 Å². The van der Waals surface area contributed by atoms with Crippen molar-refractivity contribution in [3.05, 3.63) is 46.6 Å². The van der Waals surface area contributed by atoms with Crippen molar-refractivity contribution < 1.29 is 19.2 Å². The SMILES string of the molecule is Cc1cc(C[C@H]2CC[C@@H](C(=O)O)C2)ccc1-c1nc(-c2cnc(OC(C)C)c(Cl)c2)no1. The second-order valence-corrected chi connectivity index (χ2v) is 9.08. The minimum Gasteiger partial charge on any atom is -0.481 e. The Bertz CT molecular complexity index is 1130. The molecule has 168 valence electrons. The number of hydrogen-bond acceptors (Lipinski definition) is 6. The van der Waals surface area contributed by atoms with E-state index in [1.807, 2.05) is 26.8 Å². The van der Waals surface area contributed by atoms with E-state index in [-0.39, 0.29) is 12.0 Å². The van der Waals surface area contributed by atoms with E-state index >= 15 is 0 Å². The number of carbonyl (C=O) groups is 1. The normalized spacial score (nSPS) is 18.3. The highest BCUT2D eigenvalue weighted by Gasteiger charge is 2.29. The lowest BCUT2D eigenvalue weighted by atomic mass is 9.94. The summed E-state index contributed by atoms with van der Waals surface area (Å²) < 4.78 is 11.1. The maximum atomic E-state index is 11.2. The molecule has 32 heavy (non-hydrogen) atoms. The molecule has 1 aliphatic rings. The van der Waals surface area contributed by atoms with Gasteiger partial charge in [0, 0.05) is 17.3 Å². The Morgan fingerprint density at radius 2 is 2.12 bits per heavy atom. The van der Waals surface area contributed by atoms with Crippen LogP contribution in [0.5, 0.6) is 5.88 Å². The molecule has 2 atom stereocenters. The minimum absolute atomic E-state index is 0.0270. The fraction of sp³-hybridized carbons (Fsp3) is 0.417. The van der Waals surface area contributed by atoms with E-state index in [0.717, 1.165) is 36.8 Å². The van der Waals surface area contributed by atoms with Crippen molar-refractivity contribution in [1.29, 1.82) is 0 Å². The second kappa shape index (κ2) is 9.28. The van der Waals surface area contributed by atoms with Gasteiger partial charge in [0.15, 0.2) is 0 Å². The van der Waals surface area contributed by atoms with Gasteiger partial charge in [-0.1, -0.05) is 28.9 Å². The van der Waals surface area contributed by atoms with E-state index in [0.29, 0.717) is 34.1 Å². The van der Waals surface area contributed by atoms with Crippen molar-refractivity contribution in [3.63, 3.8) is 0 Å². The summed E-state index contributed by atoms with van der Waals surface area (Å²) in [5.74, 6) is 0.735. The highest BCUT2D eigenvalue weighted by Crippen LogP contribution is 2.34. The maximum absolute atomic E-state index is 11.2. The first-order chi connectivity index (χ1) is 15.3. The Hall–Kier alpha value is -2.93. The van der Waals surface area contributed by atoms with Crippen LogP contribution in [0.15, 0.2) is 35.0 Å². The van der Waals surface area contributed by atoms with E-state index in [2.05, 4.69) is 27.3 Å². The molecule has 2 heterocycles. The molecule has 4 rings (SSSR count). The van der Waals surface area contributed by atoms with E-state index in [1.54, 1.807) is 12.3 Å². The summed E-state index contributed by atoms with van der Waals surface area (Å²) in [4.78, 5) is 20.0. The zero-order chi connectivity index (χ0) is 22.8. The van der Waals surface area contributed by atoms with Gasteiger partial charge in [0.05, 0.1) is 12.0 Å². The topological polar surface area (TPSA) is 98.3 Å². The predicted molar refractivity (Wildman–Crippen MR) is 121 cm³/mol. The summed E-state index contributed by atoms with van der Waals surface area (Å²) in [6, 6.07) is 7.86. The van der Waals surface area contributed by atoms with E-state index in [9.17, 15) is 9.90 Å². The average molecular weight is 456 g/mol. The zero-order valence-electron chi connectivity index (χ0n) is 18.3. The van der Waals surface area contributed by atoms with Gasteiger partial charge in [-0.15, -0.1) is 0 Å². The van der Waals surface area contributed by atoms with Crippen molar-refractivity contribution in [2.45, 2.75) is 52.6 Å². The number of halogens is 1. The first-order valence-electron chi connectivity index (χ1n) is 10.8. The lowest BCUT2D eigenvalue weighted by Crippen LogP contribution is -2.10. The number of ether oxygens (including phenoxy) is 1. The summed E-state index contributed by atoms with van der Waals surface area (Å²) in [5.41, 5.74) is 3.73. The van der Waals surface area contributed by atoms with E-state index < -0.39 is 5.97 Å². The van der Waals surface area contributed by atoms with Crippen LogP contribution in [0.4, 0.5) is 0 Å². The Kier molecular flexibility index (Phi) is 6.46. The molecule has 0 bridgehead atoms. The molecule has 1 aromatic carbocycles. The van der Waals surface area contributed by atoms with Crippen molar-refractivity contribution in [2.75, 3.05) is 0 Å². The van der Waals surface area contributed by atoms with Gasteiger partial charge in [0.25, 0.3) is 5.89 Å². The summed E-state index contributed by atoms with van der Waals surface area (Å²) in [5, 5.41) is 13.7. The largest absolute Gasteiger partial charge is 0.481 e. The number of aliphatic carboxylic acids is 1. The summed E-state index contributed by atoms with van der Waals surface area (Å²) in [6.07, 6.45) is 4.95. The summed E-state index contributed by atoms with van der Waals surface area (Å²) in [7, 11) is 0. The van der Waals surface area contributed by atoms with Crippen LogP contribution in [-0.4, -0.2) is 32.3 Å². The maximum Gasteiger partial charge on any atom is 0.306 e. The van der Waals surface area contributed by atoms with Crippen LogP contribution in [0.25, 0.3) is 22.8 Å². The molecular weight excluding hydrogens is 430 g/mol. The summed E-state index contributed by atoms with van der Waals surface area (Å²) in [6.45, 7) is 5.82. The first-order valence-corrected chi connectivity index (χ1v) is 11.2. The molecular formula is C24H26ClN3O4. The van der Waals surface area contributed by atoms with Gasteiger partial charge >= 0.3 is 5.97 Å². The number of carboxylic acids is 1. The van der Waals surface area contributed by atoms with Crippen molar-refractivity contribution in [3.8, 4) is 28.7 Å². The van der Waals surface area contributed by atoms with Crippen LogP contribution >= 0.6 is 11.6 Å². The molecule has 0 amide bonds. The predicted octanol–water partition coefficient (Wildman–Crippen LogP) is 5.59. The third-order valence-corrected chi connectivity index (χ3v) is 6.05. The number of aromatic nitrogens is 3. The van der Waals surface area contributed by atoms with Gasteiger partial charge in [-0.25, -0.2) is 4.98 Å². The molecule has 0 saturated heterocycles. The zero-order valence-corrected chi connectivity index (χ0v) is 19.1. The molecule has 1 saturated carbocycles. The Morgan fingerprint density at radius 1 is 1.31 bits per heavy atom. The van der Waals surface area contributed by atoms with Gasteiger partial charge < -0.3 is 14.4 Å². The molecule has 0 aliphatic heterocycles. The number of aryl methyl sites for hydroxylation is 1. The fourth-order valence-electron chi connectivity index (χ4n) is 4.22. The van der Waals surface area contributed by atoms with E-state index in [1.165, 1.54) is 5.56 Å². The highest BCUT2D eigenvalue weighted by atomic mass is 35.5. The van der Waals surface area contributed by atoms with Crippen LogP contribution in [0.2, 0.25) is 5.02 Å². The van der Waals surface area contributed by atoms with Gasteiger partial charge in [-0.05, 0) is 75.6 Å². The number of rotatable bonds is 7. The standard InChI is InChI=1S/C24H26ClN3O4/c1-13(2)31-23-20(25)11-18(12-26-23)21-27-22(32-28-21)19-7-5-15(8-14(19)3)9-16-4-6-17(10-16)24(29)30/h5,7-8,11-13,16-17H,4,6,9-10H2,1-3H3,(H,29,30)/t16-,17-/m1/s1. The smallest absolute Gasteiger partial charge is 0.306 e. The van der Waals surface area contributed by atoms with Gasteiger partial charge in [0.2, 0.25) is 11.7 Å². The third kappa shape index (κ3) is 4.93. The molecule has 7 nitrogen and oxygen atoms in total. The Morgan fingerprint density at radius 3 is 2.78 bits per heavy atom.